The second kappa shape index (κ2) is 3.46. The molecule has 3 N–H and O–H groups in total. The zero-order valence-corrected chi connectivity index (χ0v) is 6.17. The van der Waals surface area contributed by atoms with Crippen molar-refractivity contribution >= 4 is 0 Å². The summed E-state index contributed by atoms with van der Waals surface area (Å²) in [4.78, 5) is 0. The summed E-state index contributed by atoms with van der Waals surface area (Å²) in [5.41, 5.74) is 0. The molecule has 0 bridgehead atoms. The topological polar surface area (TPSA) is 79.2 Å². The third-order valence-corrected chi connectivity index (χ3v) is 1.69. The summed E-state index contributed by atoms with van der Waals surface area (Å²) in [5.74, 6) is 0. The van der Waals surface area contributed by atoms with E-state index in [0.717, 1.165) is 0 Å². The standard InChI is InChI=1S/C6H12O5/c1-10-6-5(9)4(8)3(7)2-11-6/h3-9H,2H2,1H3/t3-,4?,5-,6?/m1/s1. The van der Waals surface area contributed by atoms with E-state index in [1.165, 1.54) is 7.11 Å². The van der Waals surface area contributed by atoms with Crippen LogP contribution >= 0.6 is 0 Å². The van der Waals surface area contributed by atoms with Gasteiger partial charge in [-0.25, -0.2) is 0 Å². The van der Waals surface area contributed by atoms with E-state index in [4.69, 9.17) is 20.1 Å². The van der Waals surface area contributed by atoms with Crippen LogP contribution in [0.25, 0.3) is 0 Å². The van der Waals surface area contributed by atoms with Crippen molar-refractivity contribution < 1.29 is 24.8 Å². The largest absolute Gasteiger partial charge is 0.388 e. The lowest BCUT2D eigenvalue weighted by Gasteiger charge is -2.33. The summed E-state index contributed by atoms with van der Waals surface area (Å²) >= 11 is 0. The van der Waals surface area contributed by atoms with Crippen LogP contribution in [0.4, 0.5) is 0 Å². The Bertz CT molecular complexity index is 126. The Balaban J connectivity index is 2.52. The van der Waals surface area contributed by atoms with Crippen LogP contribution in [0.5, 0.6) is 0 Å². The van der Waals surface area contributed by atoms with Crippen molar-refractivity contribution in [1.29, 1.82) is 0 Å². The molecule has 1 heterocycles. The van der Waals surface area contributed by atoms with Gasteiger partial charge in [0.25, 0.3) is 0 Å². The highest BCUT2D eigenvalue weighted by Gasteiger charge is 2.37. The van der Waals surface area contributed by atoms with Crippen LogP contribution in [0.3, 0.4) is 0 Å². The van der Waals surface area contributed by atoms with E-state index < -0.39 is 24.6 Å². The predicted molar refractivity (Wildman–Crippen MR) is 34.8 cm³/mol. The molecular formula is C6H12O5. The van der Waals surface area contributed by atoms with E-state index >= 15 is 0 Å². The minimum absolute atomic E-state index is 0.0171. The normalized spacial score (nSPS) is 45.8. The smallest absolute Gasteiger partial charge is 0.185 e. The van der Waals surface area contributed by atoms with E-state index in [2.05, 4.69) is 4.74 Å². The average molecular weight is 164 g/mol. The molecule has 1 aliphatic heterocycles. The first-order valence-corrected chi connectivity index (χ1v) is 3.35. The van der Waals surface area contributed by atoms with Gasteiger partial charge in [0.2, 0.25) is 0 Å². The fourth-order valence-electron chi connectivity index (χ4n) is 0.987. The first-order chi connectivity index (χ1) is 5.16. The Kier molecular flexibility index (Phi) is 2.80. The molecule has 0 radical (unpaired) electrons. The number of aliphatic hydroxyl groups is 3. The summed E-state index contributed by atoms with van der Waals surface area (Å²) in [6, 6.07) is 0. The molecule has 0 spiro atoms. The number of rotatable bonds is 1. The third-order valence-electron chi connectivity index (χ3n) is 1.69. The molecule has 66 valence electrons. The SMILES string of the molecule is COC1OC[C@@H](O)C(O)[C@H]1O. The van der Waals surface area contributed by atoms with Crippen LogP contribution in [0.15, 0.2) is 0 Å². The third kappa shape index (κ3) is 1.69. The van der Waals surface area contributed by atoms with Crippen LogP contribution in [-0.4, -0.2) is 53.6 Å². The molecule has 1 fully saturated rings. The van der Waals surface area contributed by atoms with Gasteiger partial charge in [0.15, 0.2) is 6.29 Å². The lowest BCUT2D eigenvalue weighted by molar-refractivity contribution is -0.261. The van der Waals surface area contributed by atoms with Crippen LogP contribution in [0.2, 0.25) is 0 Å². The van der Waals surface area contributed by atoms with Crippen molar-refractivity contribution in [1.82, 2.24) is 0 Å². The second-order valence-corrected chi connectivity index (χ2v) is 2.49. The fourth-order valence-corrected chi connectivity index (χ4v) is 0.987. The van der Waals surface area contributed by atoms with Gasteiger partial charge in [-0.15, -0.1) is 0 Å². The molecule has 0 aromatic carbocycles. The van der Waals surface area contributed by atoms with Gasteiger partial charge in [-0.2, -0.15) is 0 Å². The number of methoxy groups -OCH3 is 1. The average Bonchev–Trinajstić information content (AvgIpc) is 2.01. The van der Waals surface area contributed by atoms with E-state index in [-0.39, 0.29) is 6.61 Å². The summed E-state index contributed by atoms with van der Waals surface area (Å²) in [5, 5.41) is 27.2. The summed E-state index contributed by atoms with van der Waals surface area (Å²) in [6.45, 7) is -0.0171. The molecular weight excluding hydrogens is 152 g/mol. The zero-order valence-electron chi connectivity index (χ0n) is 6.17. The Morgan fingerprint density at radius 3 is 2.45 bits per heavy atom. The second-order valence-electron chi connectivity index (χ2n) is 2.49. The molecule has 1 rings (SSSR count). The van der Waals surface area contributed by atoms with Crippen molar-refractivity contribution in [2.75, 3.05) is 13.7 Å². The fraction of sp³-hybridized carbons (Fsp3) is 1.00. The van der Waals surface area contributed by atoms with Gasteiger partial charge >= 0.3 is 0 Å². The van der Waals surface area contributed by atoms with Gasteiger partial charge in [-0.1, -0.05) is 0 Å². The van der Waals surface area contributed by atoms with Crippen LogP contribution in [0.1, 0.15) is 0 Å². The van der Waals surface area contributed by atoms with Gasteiger partial charge < -0.3 is 24.8 Å². The van der Waals surface area contributed by atoms with Crippen molar-refractivity contribution in [2.45, 2.75) is 24.6 Å². The Labute approximate surface area is 64.2 Å². The highest BCUT2D eigenvalue weighted by molar-refractivity contribution is 4.81. The van der Waals surface area contributed by atoms with Crippen LogP contribution in [-0.2, 0) is 9.47 Å². The summed E-state index contributed by atoms with van der Waals surface area (Å²) < 4.78 is 9.52. The maximum Gasteiger partial charge on any atom is 0.185 e. The van der Waals surface area contributed by atoms with Gasteiger partial charge in [0.05, 0.1) is 6.61 Å². The lowest BCUT2D eigenvalue weighted by Crippen LogP contribution is -2.53. The first kappa shape index (κ1) is 8.89. The number of ether oxygens (including phenoxy) is 2. The Hall–Kier alpha value is -0.200. The van der Waals surface area contributed by atoms with Crippen molar-refractivity contribution in [3.8, 4) is 0 Å². The Morgan fingerprint density at radius 1 is 1.27 bits per heavy atom. The molecule has 2 unspecified atom stereocenters. The molecule has 4 atom stereocenters. The zero-order chi connectivity index (χ0) is 8.43. The molecule has 0 aromatic heterocycles. The molecule has 5 nitrogen and oxygen atoms in total. The number of hydrogen-bond acceptors (Lipinski definition) is 5. The van der Waals surface area contributed by atoms with Gasteiger partial charge in [-0.05, 0) is 0 Å². The molecule has 1 aliphatic rings. The molecule has 0 aromatic rings. The lowest BCUT2D eigenvalue weighted by atomic mass is 10.1. The summed E-state index contributed by atoms with van der Waals surface area (Å²) in [6.07, 6.45) is -4.23. The molecule has 1 saturated heterocycles. The monoisotopic (exact) mass is 164 g/mol. The summed E-state index contributed by atoms with van der Waals surface area (Å²) in [7, 11) is 1.36. The van der Waals surface area contributed by atoms with Crippen molar-refractivity contribution in [2.24, 2.45) is 0 Å². The maximum atomic E-state index is 9.15. The van der Waals surface area contributed by atoms with Crippen LogP contribution in [0, 0.1) is 0 Å². The molecule has 11 heavy (non-hydrogen) atoms. The van der Waals surface area contributed by atoms with E-state index in [1.54, 1.807) is 0 Å². The van der Waals surface area contributed by atoms with E-state index in [9.17, 15) is 0 Å². The number of hydrogen-bond donors (Lipinski definition) is 3. The molecule has 0 saturated carbocycles. The quantitative estimate of drug-likeness (QED) is 0.420. The maximum absolute atomic E-state index is 9.15. The van der Waals surface area contributed by atoms with Gasteiger partial charge in [-0.3, -0.25) is 0 Å². The van der Waals surface area contributed by atoms with Crippen molar-refractivity contribution in [3.05, 3.63) is 0 Å². The number of aliphatic hydroxyl groups excluding tert-OH is 3. The highest BCUT2D eigenvalue weighted by atomic mass is 16.7. The van der Waals surface area contributed by atoms with Crippen LogP contribution < -0.4 is 0 Å². The molecule has 5 heteroatoms. The molecule has 0 amide bonds. The van der Waals surface area contributed by atoms with Gasteiger partial charge in [0, 0.05) is 7.11 Å². The van der Waals surface area contributed by atoms with Crippen molar-refractivity contribution in [3.63, 3.8) is 0 Å². The molecule has 0 aliphatic carbocycles. The van der Waals surface area contributed by atoms with E-state index in [0.29, 0.717) is 0 Å². The van der Waals surface area contributed by atoms with Gasteiger partial charge in [0.1, 0.15) is 18.3 Å². The van der Waals surface area contributed by atoms with E-state index in [1.807, 2.05) is 0 Å². The minimum atomic E-state index is -1.19. The Morgan fingerprint density at radius 2 is 1.91 bits per heavy atom. The highest BCUT2D eigenvalue weighted by Crippen LogP contribution is 2.15. The minimum Gasteiger partial charge on any atom is -0.388 e. The predicted octanol–water partition coefficient (Wildman–Crippen LogP) is -1.93. The first-order valence-electron chi connectivity index (χ1n) is 3.35.